The van der Waals surface area contributed by atoms with E-state index in [0.29, 0.717) is 11.0 Å². The summed E-state index contributed by atoms with van der Waals surface area (Å²) in [5.74, 6) is 0. The smallest absolute Gasteiger partial charge is 0.283 e. The van der Waals surface area contributed by atoms with Crippen molar-refractivity contribution in [3.05, 3.63) is 21.0 Å². The molecule has 1 aromatic rings. The van der Waals surface area contributed by atoms with Crippen molar-refractivity contribution in [1.82, 2.24) is 14.7 Å². The first-order valence-corrected chi connectivity index (χ1v) is 8.31. The molecular formula is C14H23BrN4O2. The summed E-state index contributed by atoms with van der Waals surface area (Å²) in [4.78, 5) is 14.5. The van der Waals surface area contributed by atoms with Gasteiger partial charge in [-0.25, -0.2) is 4.68 Å². The summed E-state index contributed by atoms with van der Waals surface area (Å²) in [5.41, 5.74) is 0.698. The zero-order chi connectivity index (χ0) is 15.1. The quantitative estimate of drug-likeness (QED) is 0.749. The van der Waals surface area contributed by atoms with Crippen molar-refractivity contribution in [3.63, 3.8) is 0 Å². The van der Waals surface area contributed by atoms with Crippen LogP contribution in [0.4, 0.5) is 5.69 Å². The van der Waals surface area contributed by atoms with Crippen LogP contribution >= 0.6 is 15.9 Å². The first-order chi connectivity index (χ1) is 10.2. The number of halogens is 1. The van der Waals surface area contributed by atoms with Crippen LogP contribution in [0.5, 0.6) is 0 Å². The van der Waals surface area contributed by atoms with E-state index in [1.54, 1.807) is 6.20 Å². The Balaban J connectivity index is 1.80. The Morgan fingerprint density at radius 1 is 1.38 bits per heavy atom. The lowest BCUT2D eigenvalue weighted by Crippen LogP contribution is -2.37. The van der Waals surface area contributed by atoms with E-state index in [9.17, 15) is 4.79 Å². The van der Waals surface area contributed by atoms with Crippen molar-refractivity contribution in [2.45, 2.75) is 26.3 Å². The second-order valence-electron chi connectivity index (χ2n) is 5.13. The molecule has 1 fully saturated rings. The molecule has 0 spiro atoms. The molecule has 0 atom stereocenters. The number of hydrogen-bond acceptors (Lipinski definition) is 5. The van der Waals surface area contributed by atoms with Crippen LogP contribution in [-0.2, 0) is 11.3 Å². The second-order valence-corrected chi connectivity index (χ2v) is 5.93. The third-order valence-corrected chi connectivity index (χ3v) is 4.26. The van der Waals surface area contributed by atoms with E-state index in [1.165, 1.54) is 4.68 Å². The van der Waals surface area contributed by atoms with Gasteiger partial charge in [-0.2, -0.15) is 5.10 Å². The normalized spacial score (nSPS) is 16.1. The van der Waals surface area contributed by atoms with Gasteiger partial charge >= 0.3 is 0 Å². The van der Waals surface area contributed by atoms with E-state index in [4.69, 9.17) is 4.74 Å². The molecule has 118 valence electrons. The molecule has 0 amide bonds. The predicted octanol–water partition coefficient (Wildman–Crippen LogP) is 1.55. The number of aryl methyl sites for hydroxylation is 1. The van der Waals surface area contributed by atoms with Gasteiger partial charge in [0.2, 0.25) is 0 Å². The molecule has 0 unspecified atom stereocenters. The average Bonchev–Trinajstić information content (AvgIpc) is 2.51. The minimum Gasteiger partial charge on any atom is -0.383 e. The molecule has 21 heavy (non-hydrogen) atoms. The summed E-state index contributed by atoms with van der Waals surface area (Å²) in [6, 6.07) is 0. The summed E-state index contributed by atoms with van der Waals surface area (Å²) in [7, 11) is 0. The van der Waals surface area contributed by atoms with Crippen LogP contribution in [0.15, 0.2) is 15.5 Å². The SMILES string of the molecule is CCCn1ncc(NCCCN2CCOCC2)c(Br)c1=O. The minimum atomic E-state index is -0.0740. The number of rotatable bonds is 7. The molecule has 1 saturated heterocycles. The zero-order valence-corrected chi connectivity index (χ0v) is 14.1. The van der Waals surface area contributed by atoms with E-state index in [2.05, 4.69) is 31.2 Å². The summed E-state index contributed by atoms with van der Waals surface area (Å²) in [6.07, 6.45) is 3.64. The fraction of sp³-hybridized carbons (Fsp3) is 0.714. The number of nitrogens with one attached hydrogen (secondary N) is 1. The zero-order valence-electron chi connectivity index (χ0n) is 12.5. The van der Waals surface area contributed by atoms with Crippen LogP contribution in [0.25, 0.3) is 0 Å². The molecule has 1 N–H and O–H groups in total. The number of ether oxygens (including phenoxy) is 1. The largest absolute Gasteiger partial charge is 0.383 e. The first-order valence-electron chi connectivity index (χ1n) is 7.52. The summed E-state index contributed by atoms with van der Waals surface area (Å²) >= 11 is 3.37. The van der Waals surface area contributed by atoms with Crippen molar-refractivity contribution in [2.75, 3.05) is 44.7 Å². The number of hydrogen-bond donors (Lipinski definition) is 1. The Hall–Kier alpha value is -0.920. The van der Waals surface area contributed by atoms with Crippen LogP contribution in [0, 0.1) is 0 Å². The number of nitrogens with zero attached hydrogens (tertiary/aromatic N) is 3. The molecule has 2 rings (SSSR count). The first kappa shape index (κ1) is 16.5. The van der Waals surface area contributed by atoms with E-state index in [0.717, 1.165) is 57.9 Å². The Kier molecular flexibility index (Phi) is 6.66. The minimum absolute atomic E-state index is 0.0740. The van der Waals surface area contributed by atoms with E-state index < -0.39 is 0 Å². The van der Waals surface area contributed by atoms with Crippen LogP contribution in [0.2, 0.25) is 0 Å². The molecule has 7 heteroatoms. The predicted molar refractivity (Wildman–Crippen MR) is 86.9 cm³/mol. The topological polar surface area (TPSA) is 59.4 Å². The lowest BCUT2D eigenvalue weighted by atomic mass is 10.3. The van der Waals surface area contributed by atoms with Crippen molar-refractivity contribution in [2.24, 2.45) is 0 Å². The molecule has 0 aliphatic carbocycles. The summed E-state index contributed by atoms with van der Waals surface area (Å²) in [5, 5.41) is 7.46. The highest BCUT2D eigenvalue weighted by atomic mass is 79.9. The summed E-state index contributed by atoms with van der Waals surface area (Å²) < 4.78 is 7.38. The monoisotopic (exact) mass is 358 g/mol. The van der Waals surface area contributed by atoms with Gasteiger partial charge in [0.1, 0.15) is 4.47 Å². The standard InChI is InChI=1S/C14H23BrN4O2/c1-2-5-19-14(20)13(15)12(11-17-19)16-4-3-6-18-7-9-21-10-8-18/h11,16H,2-10H2,1H3. The van der Waals surface area contributed by atoms with E-state index in [1.807, 2.05) is 6.92 Å². The fourth-order valence-electron chi connectivity index (χ4n) is 2.31. The lowest BCUT2D eigenvalue weighted by Gasteiger charge is -2.26. The molecule has 0 aromatic carbocycles. The fourth-order valence-corrected chi connectivity index (χ4v) is 2.76. The molecular weight excluding hydrogens is 336 g/mol. The summed E-state index contributed by atoms with van der Waals surface area (Å²) in [6.45, 7) is 8.24. The molecule has 0 radical (unpaired) electrons. The van der Waals surface area contributed by atoms with Crippen LogP contribution in [0.1, 0.15) is 19.8 Å². The third kappa shape index (κ3) is 4.79. The Labute approximate surface area is 133 Å². The number of morpholine rings is 1. The Morgan fingerprint density at radius 2 is 2.14 bits per heavy atom. The molecule has 1 aliphatic heterocycles. The molecule has 6 nitrogen and oxygen atoms in total. The van der Waals surface area contributed by atoms with Gasteiger partial charge in [-0.15, -0.1) is 0 Å². The Bertz CT molecular complexity index is 500. The highest BCUT2D eigenvalue weighted by Crippen LogP contribution is 2.16. The molecule has 1 aromatic heterocycles. The number of aromatic nitrogens is 2. The van der Waals surface area contributed by atoms with Crippen molar-refractivity contribution >= 4 is 21.6 Å². The van der Waals surface area contributed by atoms with Gasteiger partial charge in [0.05, 0.1) is 25.1 Å². The van der Waals surface area contributed by atoms with Crippen LogP contribution in [0.3, 0.4) is 0 Å². The van der Waals surface area contributed by atoms with Gasteiger partial charge in [-0.1, -0.05) is 6.92 Å². The maximum Gasteiger partial charge on any atom is 0.283 e. The van der Waals surface area contributed by atoms with Gasteiger partial charge in [0.25, 0.3) is 5.56 Å². The van der Waals surface area contributed by atoms with Crippen molar-refractivity contribution in [3.8, 4) is 0 Å². The molecule has 1 aliphatic rings. The van der Waals surface area contributed by atoms with E-state index >= 15 is 0 Å². The molecule has 2 heterocycles. The van der Waals surface area contributed by atoms with Crippen LogP contribution in [-0.4, -0.2) is 54.1 Å². The second kappa shape index (κ2) is 8.51. The molecule has 0 saturated carbocycles. The lowest BCUT2D eigenvalue weighted by molar-refractivity contribution is 0.0378. The third-order valence-electron chi connectivity index (χ3n) is 3.49. The Morgan fingerprint density at radius 3 is 2.86 bits per heavy atom. The van der Waals surface area contributed by atoms with Gasteiger partial charge in [-0.3, -0.25) is 9.69 Å². The maximum absolute atomic E-state index is 12.1. The van der Waals surface area contributed by atoms with Crippen molar-refractivity contribution in [1.29, 1.82) is 0 Å². The van der Waals surface area contributed by atoms with Gasteiger partial charge in [0, 0.05) is 26.2 Å². The van der Waals surface area contributed by atoms with Gasteiger partial charge in [-0.05, 0) is 35.3 Å². The average molecular weight is 359 g/mol. The van der Waals surface area contributed by atoms with Crippen LogP contribution < -0.4 is 10.9 Å². The van der Waals surface area contributed by atoms with Crippen molar-refractivity contribution < 1.29 is 4.74 Å². The van der Waals surface area contributed by atoms with Gasteiger partial charge in [0.15, 0.2) is 0 Å². The highest BCUT2D eigenvalue weighted by Gasteiger charge is 2.10. The number of anilines is 1. The van der Waals surface area contributed by atoms with E-state index in [-0.39, 0.29) is 5.56 Å². The maximum atomic E-state index is 12.1. The molecule has 0 bridgehead atoms. The highest BCUT2D eigenvalue weighted by molar-refractivity contribution is 9.10. The van der Waals surface area contributed by atoms with Gasteiger partial charge < -0.3 is 10.1 Å².